The van der Waals surface area contributed by atoms with Crippen LogP contribution in [-0.2, 0) is 11.3 Å². The Bertz CT molecular complexity index is 897. The third-order valence-corrected chi connectivity index (χ3v) is 4.83. The van der Waals surface area contributed by atoms with E-state index in [1.807, 2.05) is 40.6 Å². The van der Waals surface area contributed by atoms with Gasteiger partial charge < -0.3 is 9.64 Å². The fraction of sp³-hybridized carbons (Fsp3) is 0.529. The van der Waals surface area contributed by atoms with Gasteiger partial charge in [0.1, 0.15) is 5.82 Å². The third kappa shape index (κ3) is 2.86. The number of hydrogen-bond acceptors (Lipinski definition) is 6. The van der Waals surface area contributed by atoms with Crippen LogP contribution in [0.2, 0.25) is 0 Å². The van der Waals surface area contributed by atoms with Gasteiger partial charge in [0.25, 0.3) is 0 Å². The van der Waals surface area contributed by atoms with Crippen molar-refractivity contribution in [2.45, 2.75) is 38.3 Å². The van der Waals surface area contributed by atoms with E-state index in [0.717, 1.165) is 36.9 Å². The van der Waals surface area contributed by atoms with Gasteiger partial charge in [-0.05, 0) is 37.5 Å². The van der Waals surface area contributed by atoms with Crippen molar-refractivity contribution in [3.8, 4) is 0 Å². The van der Waals surface area contributed by atoms with E-state index in [4.69, 9.17) is 9.84 Å². The second-order valence-corrected chi connectivity index (χ2v) is 6.97. The summed E-state index contributed by atoms with van der Waals surface area (Å²) in [4.78, 5) is 2.28. The van der Waals surface area contributed by atoms with Crippen LogP contribution in [0.5, 0.6) is 0 Å². The van der Waals surface area contributed by atoms with Gasteiger partial charge in [0.2, 0.25) is 0 Å². The fourth-order valence-corrected chi connectivity index (χ4v) is 3.37. The molecule has 1 saturated carbocycles. The first-order valence-corrected chi connectivity index (χ1v) is 8.84. The van der Waals surface area contributed by atoms with Crippen LogP contribution in [0.3, 0.4) is 0 Å². The molecule has 8 heteroatoms. The summed E-state index contributed by atoms with van der Waals surface area (Å²) in [5, 5.41) is 17.7. The minimum Gasteiger partial charge on any atom is -0.373 e. The Hall–Kier alpha value is -2.48. The van der Waals surface area contributed by atoms with Crippen LogP contribution in [0.25, 0.3) is 5.65 Å². The Morgan fingerprint density at radius 3 is 2.96 bits per heavy atom. The van der Waals surface area contributed by atoms with E-state index >= 15 is 0 Å². The van der Waals surface area contributed by atoms with E-state index in [9.17, 15) is 0 Å². The number of aryl methyl sites for hydroxylation is 1. The number of ether oxygens (including phenoxy) is 1. The van der Waals surface area contributed by atoms with Crippen molar-refractivity contribution < 1.29 is 4.74 Å². The molecule has 0 radical (unpaired) electrons. The van der Waals surface area contributed by atoms with Gasteiger partial charge in [0.15, 0.2) is 11.5 Å². The van der Waals surface area contributed by atoms with Crippen molar-refractivity contribution in [3.05, 3.63) is 35.9 Å². The molecule has 8 nitrogen and oxygen atoms in total. The number of hydrogen-bond donors (Lipinski definition) is 0. The van der Waals surface area contributed by atoms with Crippen LogP contribution in [0, 0.1) is 6.92 Å². The molecule has 1 atom stereocenters. The number of morpholine rings is 1. The maximum Gasteiger partial charge on any atom is 0.178 e. The van der Waals surface area contributed by atoms with Gasteiger partial charge in [-0.3, -0.25) is 4.68 Å². The number of nitrogens with zero attached hydrogens (tertiary/aromatic N) is 7. The van der Waals surface area contributed by atoms with Crippen LogP contribution in [-0.4, -0.2) is 55.4 Å². The van der Waals surface area contributed by atoms with Crippen molar-refractivity contribution in [2.24, 2.45) is 0 Å². The summed E-state index contributed by atoms with van der Waals surface area (Å²) in [5.41, 5.74) is 1.99. The summed E-state index contributed by atoms with van der Waals surface area (Å²) < 4.78 is 9.79. The Balaban J connectivity index is 1.36. The van der Waals surface area contributed by atoms with Crippen molar-refractivity contribution in [1.29, 1.82) is 0 Å². The zero-order valence-corrected chi connectivity index (χ0v) is 14.2. The van der Waals surface area contributed by atoms with E-state index in [2.05, 4.69) is 20.2 Å². The van der Waals surface area contributed by atoms with Crippen molar-refractivity contribution in [1.82, 2.24) is 29.6 Å². The van der Waals surface area contributed by atoms with Crippen LogP contribution in [0.4, 0.5) is 5.82 Å². The molecule has 0 bridgehead atoms. The molecule has 1 aliphatic carbocycles. The number of fused-ring (bicyclic) bond motifs is 1. The molecule has 1 aliphatic heterocycles. The first kappa shape index (κ1) is 14.8. The highest BCUT2D eigenvalue weighted by Gasteiger charge is 2.30. The highest BCUT2D eigenvalue weighted by molar-refractivity contribution is 5.46. The maximum absolute atomic E-state index is 5.93. The highest BCUT2D eigenvalue weighted by Crippen LogP contribution is 2.38. The Labute approximate surface area is 145 Å². The number of aromatic nitrogens is 6. The lowest BCUT2D eigenvalue weighted by molar-refractivity contribution is 0.0271. The molecule has 1 unspecified atom stereocenters. The topological polar surface area (TPSA) is 73.4 Å². The monoisotopic (exact) mass is 339 g/mol. The summed E-state index contributed by atoms with van der Waals surface area (Å²) in [6.45, 7) is 5.15. The molecule has 0 N–H and O–H groups in total. The summed E-state index contributed by atoms with van der Waals surface area (Å²) in [5.74, 6) is 2.48. The van der Waals surface area contributed by atoms with Crippen LogP contribution >= 0.6 is 0 Å². The molecule has 25 heavy (non-hydrogen) atoms. The number of rotatable bonds is 4. The molecular formula is C17H21N7O. The fourth-order valence-electron chi connectivity index (χ4n) is 3.37. The average molecular weight is 339 g/mol. The molecule has 3 aromatic heterocycles. The molecule has 1 saturated heterocycles. The van der Waals surface area contributed by atoms with Gasteiger partial charge in [0.05, 0.1) is 25.5 Å². The van der Waals surface area contributed by atoms with Gasteiger partial charge in [-0.1, -0.05) is 0 Å². The highest BCUT2D eigenvalue weighted by atomic mass is 16.5. The maximum atomic E-state index is 5.93. The van der Waals surface area contributed by atoms with Gasteiger partial charge in [-0.2, -0.15) is 9.61 Å². The van der Waals surface area contributed by atoms with Gasteiger partial charge in [-0.15, -0.1) is 15.3 Å². The minimum atomic E-state index is 0.106. The molecule has 0 aromatic carbocycles. The van der Waals surface area contributed by atoms with E-state index < -0.39 is 0 Å². The minimum absolute atomic E-state index is 0.106. The quantitative estimate of drug-likeness (QED) is 0.716. The van der Waals surface area contributed by atoms with Gasteiger partial charge in [0, 0.05) is 25.2 Å². The van der Waals surface area contributed by atoms with Crippen LogP contribution in [0.15, 0.2) is 24.5 Å². The molecular weight excluding hydrogens is 318 g/mol. The van der Waals surface area contributed by atoms with Gasteiger partial charge >= 0.3 is 0 Å². The molecule has 0 amide bonds. The lowest BCUT2D eigenvalue weighted by Crippen LogP contribution is -2.44. The molecule has 3 aromatic rings. The average Bonchev–Trinajstić information content (AvgIpc) is 3.26. The summed E-state index contributed by atoms with van der Waals surface area (Å²) in [6, 6.07) is 4.03. The first-order chi connectivity index (χ1) is 12.3. The lowest BCUT2D eigenvalue weighted by Gasteiger charge is -2.33. The zero-order valence-electron chi connectivity index (χ0n) is 14.2. The largest absolute Gasteiger partial charge is 0.373 e. The predicted octanol–water partition coefficient (Wildman–Crippen LogP) is 1.41. The Morgan fingerprint density at radius 1 is 1.24 bits per heavy atom. The molecule has 4 heterocycles. The SMILES string of the molecule is Cc1cnn(CC2CN(c3ccc4nnc(C5CC5)n4n3)CCO2)c1. The van der Waals surface area contributed by atoms with Crippen molar-refractivity contribution >= 4 is 11.5 Å². The lowest BCUT2D eigenvalue weighted by atomic mass is 10.2. The molecule has 2 aliphatic rings. The second-order valence-electron chi connectivity index (χ2n) is 6.97. The van der Waals surface area contributed by atoms with Crippen LogP contribution in [0.1, 0.15) is 30.1 Å². The predicted molar refractivity (Wildman–Crippen MR) is 91.7 cm³/mol. The second kappa shape index (κ2) is 5.80. The summed E-state index contributed by atoms with van der Waals surface area (Å²) in [6.07, 6.45) is 6.41. The van der Waals surface area contributed by atoms with Crippen molar-refractivity contribution in [2.75, 3.05) is 24.6 Å². The molecule has 5 rings (SSSR count). The van der Waals surface area contributed by atoms with E-state index in [1.54, 1.807) is 0 Å². The third-order valence-electron chi connectivity index (χ3n) is 4.83. The Kier molecular flexibility index (Phi) is 3.44. The molecule has 130 valence electrons. The number of anilines is 1. The first-order valence-electron chi connectivity index (χ1n) is 8.84. The van der Waals surface area contributed by atoms with Crippen molar-refractivity contribution in [3.63, 3.8) is 0 Å². The van der Waals surface area contributed by atoms with Crippen LogP contribution < -0.4 is 4.90 Å². The normalized spacial score (nSPS) is 21.2. The smallest absolute Gasteiger partial charge is 0.178 e. The Morgan fingerprint density at radius 2 is 2.16 bits per heavy atom. The van der Waals surface area contributed by atoms with E-state index in [0.29, 0.717) is 12.5 Å². The zero-order chi connectivity index (χ0) is 16.8. The van der Waals surface area contributed by atoms with E-state index in [-0.39, 0.29) is 6.10 Å². The van der Waals surface area contributed by atoms with Gasteiger partial charge in [-0.25, -0.2) is 0 Å². The standard InChI is InChI=1S/C17H21N7O/c1-12-8-18-23(9-12)11-14-10-22(6-7-25-14)16-5-4-15-19-20-17(13-2-3-13)24(15)21-16/h4-5,8-9,13-14H,2-3,6-7,10-11H2,1H3. The molecule has 2 fully saturated rings. The molecule has 0 spiro atoms. The van der Waals surface area contributed by atoms with E-state index in [1.165, 1.54) is 18.4 Å². The summed E-state index contributed by atoms with van der Waals surface area (Å²) in [7, 11) is 0. The summed E-state index contributed by atoms with van der Waals surface area (Å²) >= 11 is 0.